The van der Waals surface area contributed by atoms with Crippen LogP contribution in [0.25, 0.3) is 11.4 Å². The van der Waals surface area contributed by atoms with Gasteiger partial charge in [0.15, 0.2) is 5.96 Å². The summed E-state index contributed by atoms with van der Waals surface area (Å²) in [5.74, 6) is 1.66. The lowest BCUT2D eigenvalue weighted by Gasteiger charge is -2.09. The first-order chi connectivity index (χ1) is 11.7. The molecular formula is C16H16ClN5OS. The molecule has 8 heteroatoms. The molecule has 2 N–H and O–H groups in total. The van der Waals surface area contributed by atoms with E-state index in [0.29, 0.717) is 35.8 Å². The van der Waals surface area contributed by atoms with Gasteiger partial charge in [0.1, 0.15) is 0 Å². The molecule has 3 rings (SSSR count). The molecule has 0 aliphatic rings. The normalized spacial score (nSPS) is 11.5. The molecular weight excluding hydrogens is 346 g/mol. The smallest absolute Gasteiger partial charge is 0.246 e. The van der Waals surface area contributed by atoms with Gasteiger partial charge >= 0.3 is 0 Å². The summed E-state index contributed by atoms with van der Waals surface area (Å²) in [6, 6.07) is 9.40. The van der Waals surface area contributed by atoms with Crippen LogP contribution in [0.3, 0.4) is 0 Å². The fraction of sp³-hybridized carbons (Fsp3) is 0.188. The molecule has 0 saturated heterocycles. The molecule has 2 aromatic heterocycles. The molecule has 6 nitrogen and oxygen atoms in total. The number of hydrogen-bond acceptors (Lipinski definition) is 5. The van der Waals surface area contributed by atoms with Crippen LogP contribution < -0.4 is 10.6 Å². The van der Waals surface area contributed by atoms with Gasteiger partial charge in [-0.25, -0.2) is 0 Å². The second kappa shape index (κ2) is 7.94. The van der Waals surface area contributed by atoms with Gasteiger partial charge < -0.3 is 15.2 Å². The number of rotatable bonds is 5. The van der Waals surface area contributed by atoms with Gasteiger partial charge in [0, 0.05) is 24.2 Å². The fourth-order valence-corrected chi connectivity index (χ4v) is 2.89. The Morgan fingerprint density at radius 2 is 2.17 bits per heavy atom. The third-order valence-electron chi connectivity index (χ3n) is 3.22. The van der Waals surface area contributed by atoms with Gasteiger partial charge in [-0.15, -0.1) is 0 Å². The number of halogens is 1. The van der Waals surface area contributed by atoms with Gasteiger partial charge in [-0.05, 0) is 34.5 Å². The lowest BCUT2D eigenvalue weighted by molar-refractivity contribution is 0.375. The van der Waals surface area contributed by atoms with E-state index in [4.69, 9.17) is 16.1 Å². The van der Waals surface area contributed by atoms with Crippen molar-refractivity contribution < 1.29 is 4.52 Å². The number of aromatic nitrogens is 2. The first-order valence-electron chi connectivity index (χ1n) is 7.28. The summed E-state index contributed by atoms with van der Waals surface area (Å²) in [7, 11) is 1.72. The maximum Gasteiger partial charge on any atom is 0.246 e. The number of nitrogens with one attached hydrogen (secondary N) is 2. The van der Waals surface area contributed by atoms with E-state index in [9.17, 15) is 0 Å². The molecule has 0 unspecified atom stereocenters. The van der Waals surface area contributed by atoms with Gasteiger partial charge in [0.2, 0.25) is 11.7 Å². The van der Waals surface area contributed by atoms with E-state index >= 15 is 0 Å². The van der Waals surface area contributed by atoms with Crippen molar-refractivity contribution in [2.45, 2.75) is 13.1 Å². The van der Waals surface area contributed by atoms with Crippen LogP contribution in [0.2, 0.25) is 5.02 Å². The van der Waals surface area contributed by atoms with Crippen LogP contribution in [-0.2, 0) is 13.1 Å². The van der Waals surface area contributed by atoms with Crippen molar-refractivity contribution in [3.8, 4) is 11.4 Å². The molecule has 2 heterocycles. The molecule has 0 radical (unpaired) electrons. The van der Waals surface area contributed by atoms with E-state index in [1.807, 2.05) is 17.5 Å². The summed E-state index contributed by atoms with van der Waals surface area (Å²) in [4.78, 5) is 8.53. The van der Waals surface area contributed by atoms with Crippen LogP contribution in [0, 0.1) is 0 Å². The second-order valence-electron chi connectivity index (χ2n) is 4.93. The predicted octanol–water partition coefficient (Wildman–Crippen LogP) is 3.32. The zero-order chi connectivity index (χ0) is 16.8. The molecule has 3 aromatic rings. The zero-order valence-corrected chi connectivity index (χ0v) is 14.6. The molecule has 0 aliphatic carbocycles. The monoisotopic (exact) mass is 361 g/mol. The molecule has 0 atom stereocenters. The minimum atomic E-state index is 0.386. The van der Waals surface area contributed by atoms with Crippen LogP contribution in [0.1, 0.15) is 11.5 Å². The Balaban J connectivity index is 1.56. The van der Waals surface area contributed by atoms with Crippen LogP contribution in [0.5, 0.6) is 0 Å². The van der Waals surface area contributed by atoms with Crippen molar-refractivity contribution in [1.29, 1.82) is 0 Å². The summed E-state index contributed by atoms with van der Waals surface area (Å²) in [5, 5.41) is 15.1. The SMILES string of the molecule is CN=C(NCc1ccsc1)NCc1nc(-c2cccc(Cl)c2)no1. The van der Waals surface area contributed by atoms with E-state index in [0.717, 1.165) is 5.56 Å². The first-order valence-corrected chi connectivity index (χ1v) is 8.61. The molecule has 0 saturated carbocycles. The second-order valence-corrected chi connectivity index (χ2v) is 6.15. The highest BCUT2D eigenvalue weighted by Crippen LogP contribution is 2.19. The highest BCUT2D eigenvalue weighted by atomic mass is 35.5. The van der Waals surface area contributed by atoms with E-state index in [1.165, 1.54) is 5.56 Å². The summed E-state index contributed by atoms with van der Waals surface area (Å²) >= 11 is 7.65. The number of aliphatic imine (C=N–C) groups is 1. The summed E-state index contributed by atoms with van der Waals surface area (Å²) < 4.78 is 5.26. The fourth-order valence-electron chi connectivity index (χ4n) is 2.03. The highest BCUT2D eigenvalue weighted by Gasteiger charge is 2.09. The summed E-state index contributed by atoms with van der Waals surface area (Å²) in [6.07, 6.45) is 0. The summed E-state index contributed by atoms with van der Waals surface area (Å²) in [6.45, 7) is 1.09. The molecule has 124 valence electrons. The largest absolute Gasteiger partial charge is 0.352 e. The Morgan fingerprint density at radius 1 is 1.29 bits per heavy atom. The average molecular weight is 362 g/mol. The number of thiophene rings is 1. The molecule has 0 spiro atoms. The molecule has 0 amide bonds. The van der Waals surface area contributed by atoms with Crippen LogP contribution in [0.15, 0.2) is 50.6 Å². The van der Waals surface area contributed by atoms with Gasteiger partial charge in [0.05, 0.1) is 6.54 Å². The maximum absolute atomic E-state index is 5.98. The average Bonchev–Trinajstić information content (AvgIpc) is 3.27. The highest BCUT2D eigenvalue weighted by molar-refractivity contribution is 7.07. The van der Waals surface area contributed by atoms with Gasteiger partial charge in [-0.1, -0.05) is 28.9 Å². The van der Waals surface area contributed by atoms with Crippen molar-refractivity contribution in [1.82, 2.24) is 20.8 Å². The molecule has 1 aromatic carbocycles. The Kier molecular flexibility index (Phi) is 5.45. The number of benzene rings is 1. The van der Waals surface area contributed by atoms with Crippen molar-refractivity contribution >= 4 is 28.9 Å². The number of guanidine groups is 1. The third kappa shape index (κ3) is 4.33. The molecule has 24 heavy (non-hydrogen) atoms. The van der Waals surface area contributed by atoms with Gasteiger partial charge in [-0.3, -0.25) is 4.99 Å². The minimum Gasteiger partial charge on any atom is -0.352 e. The Morgan fingerprint density at radius 3 is 2.92 bits per heavy atom. The topological polar surface area (TPSA) is 75.3 Å². The number of hydrogen-bond donors (Lipinski definition) is 2. The van der Waals surface area contributed by atoms with Crippen LogP contribution >= 0.6 is 22.9 Å². The molecule has 0 fully saturated rings. The molecule has 0 aliphatic heterocycles. The third-order valence-corrected chi connectivity index (χ3v) is 4.19. The number of nitrogens with zero attached hydrogens (tertiary/aromatic N) is 3. The van der Waals surface area contributed by atoms with Crippen molar-refractivity contribution in [3.05, 3.63) is 57.6 Å². The van der Waals surface area contributed by atoms with Crippen LogP contribution in [-0.4, -0.2) is 23.1 Å². The van der Waals surface area contributed by atoms with Crippen molar-refractivity contribution in [2.75, 3.05) is 7.05 Å². The zero-order valence-electron chi connectivity index (χ0n) is 13.0. The Bertz CT molecular complexity index is 816. The minimum absolute atomic E-state index is 0.386. The Hall–Kier alpha value is -2.38. The van der Waals surface area contributed by atoms with E-state index in [2.05, 4.69) is 37.2 Å². The first kappa shape index (κ1) is 16.5. The van der Waals surface area contributed by atoms with Gasteiger partial charge in [-0.2, -0.15) is 16.3 Å². The standard InChI is InChI=1S/C16H16ClN5OS/c1-18-16(19-8-11-5-6-24-10-11)20-9-14-21-15(22-23-14)12-3-2-4-13(17)7-12/h2-7,10H,8-9H2,1H3,(H2,18,19,20). The summed E-state index contributed by atoms with van der Waals surface area (Å²) in [5.41, 5.74) is 2.03. The lowest BCUT2D eigenvalue weighted by Crippen LogP contribution is -2.36. The van der Waals surface area contributed by atoms with Gasteiger partial charge in [0.25, 0.3) is 0 Å². The Labute approximate surface area is 148 Å². The molecule has 0 bridgehead atoms. The van der Waals surface area contributed by atoms with Crippen molar-refractivity contribution in [3.63, 3.8) is 0 Å². The van der Waals surface area contributed by atoms with E-state index in [1.54, 1.807) is 30.5 Å². The maximum atomic E-state index is 5.98. The van der Waals surface area contributed by atoms with Crippen molar-refractivity contribution in [2.24, 2.45) is 4.99 Å². The lowest BCUT2D eigenvalue weighted by atomic mass is 10.2. The van der Waals surface area contributed by atoms with E-state index in [-0.39, 0.29) is 0 Å². The predicted molar refractivity (Wildman–Crippen MR) is 96.1 cm³/mol. The van der Waals surface area contributed by atoms with Crippen LogP contribution in [0.4, 0.5) is 0 Å². The quantitative estimate of drug-likeness (QED) is 0.538. The van der Waals surface area contributed by atoms with E-state index < -0.39 is 0 Å².